The van der Waals surface area contributed by atoms with E-state index in [0.29, 0.717) is 0 Å². The zero-order valence-electron chi connectivity index (χ0n) is 11.2. The van der Waals surface area contributed by atoms with E-state index in [-0.39, 0.29) is 0 Å². The molecule has 2 aliphatic carbocycles. The molecule has 2 atom stereocenters. The Balaban J connectivity index is 1.65. The first-order valence-electron chi connectivity index (χ1n) is 7.51. The van der Waals surface area contributed by atoms with Crippen LogP contribution in [0, 0.1) is 11.8 Å². The molecule has 1 unspecified atom stereocenters. The summed E-state index contributed by atoms with van der Waals surface area (Å²) in [5.74, 6) is 2.00. The summed E-state index contributed by atoms with van der Waals surface area (Å²) in [6, 6.07) is 1.48. The van der Waals surface area contributed by atoms with E-state index in [0.717, 1.165) is 23.9 Å². The zero-order chi connectivity index (χ0) is 11.4. The van der Waals surface area contributed by atoms with Crippen LogP contribution >= 0.6 is 0 Å². The third kappa shape index (κ3) is 3.48. The summed E-state index contributed by atoms with van der Waals surface area (Å²) in [5.41, 5.74) is 0. The molecule has 2 fully saturated rings. The molecule has 0 radical (unpaired) electrons. The standard InChI is InChI=1S/C15H29N/c1-12(11-14-7-6-8-14)16-13(2)15-9-4-3-5-10-15/h12-16H,3-11H2,1-2H3/t12?,13-/m1/s1. The SMILES string of the molecule is CC(CC1CCC1)N[C@H](C)C1CCCCC1. The van der Waals surface area contributed by atoms with E-state index in [1.807, 2.05) is 0 Å². The molecular formula is C15H29N. The third-order valence-electron chi connectivity index (χ3n) is 4.82. The summed E-state index contributed by atoms with van der Waals surface area (Å²) < 4.78 is 0. The van der Waals surface area contributed by atoms with Gasteiger partial charge >= 0.3 is 0 Å². The van der Waals surface area contributed by atoms with Crippen molar-refractivity contribution in [1.29, 1.82) is 0 Å². The zero-order valence-corrected chi connectivity index (χ0v) is 11.2. The number of hydrogen-bond acceptors (Lipinski definition) is 1. The largest absolute Gasteiger partial charge is 0.311 e. The van der Waals surface area contributed by atoms with Gasteiger partial charge in [-0.1, -0.05) is 38.5 Å². The molecule has 0 amide bonds. The van der Waals surface area contributed by atoms with E-state index >= 15 is 0 Å². The van der Waals surface area contributed by atoms with Gasteiger partial charge in [0, 0.05) is 12.1 Å². The lowest BCUT2D eigenvalue weighted by Crippen LogP contribution is -2.41. The van der Waals surface area contributed by atoms with Crippen molar-refractivity contribution in [2.75, 3.05) is 0 Å². The Hall–Kier alpha value is -0.0400. The highest BCUT2D eigenvalue weighted by molar-refractivity contribution is 4.80. The molecule has 1 nitrogen and oxygen atoms in total. The van der Waals surface area contributed by atoms with Crippen LogP contribution < -0.4 is 5.32 Å². The fourth-order valence-corrected chi connectivity index (χ4v) is 3.52. The van der Waals surface area contributed by atoms with Crippen LogP contribution in [0.1, 0.15) is 71.6 Å². The molecular weight excluding hydrogens is 194 g/mol. The Morgan fingerprint density at radius 1 is 0.938 bits per heavy atom. The monoisotopic (exact) mass is 223 g/mol. The number of nitrogens with one attached hydrogen (secondary N) is 1. The Kier molecular flexibility index (Phi) is 4.69. The highest BCUT2D eigenvalue weighted by Crippen LogP contribution is 2.31. The van der Waals surface area contributed by atoms with Crippen molar-refractivity contribution in [3.05, 3.63) is 0 Å². The van der Waals surface area contributed by atoms with Crippen LogP contribution in [0.15, 0.2) is 0 Å². The summed E-state index contributed by atoms with van der Waals surface area (Å²) >= 11 is 0. The lowest BCUT2D eigenvalue weighted by atomic mass is 9.80. The molecule has 1 heteroatoms. The maximum Gasteiger partial charge on any atom is 0.00694 e. The predicted octanol–water partition coefficient (Wildman–Crippen LogP) is 4.12. The van der Waals surface area contributed by atoms with Crippen LogP contribution in [0.2, 0.25) is 0 Å². The molecule has 0 aromatic heterocycles. The molecule has 0 saturated heterocycles. The molecule has 0 aromatic rings. The average Bonchev–Trinajstić information content (AvgIpc) is 2.25. The van der Waals surface area contributed by atoms with Crippen LogP contribution in [0.5, 0.6) is 0 Å². The molecule has 1 N–H and O–H groups in total. The van der Waals surface area contributed by atoms with Gasteiger partial charge < -0.3 is 5.32 Å². The average molecular weight is 223 g/mol. The summed E-state index contributed by atoms with van der Waals surface area (Å²) in [6.45, 7) is 4.80. The molecule has 2 saturated carbocycles. The topological polar surface area (TPSA) is 12.0 Å². The highest BCUT2D eigenvalue weighted by Gasteiger charge is 2.24. The van der Waals surface area contributed by atoms with E-state index in [1.54, 1.807) is 0 Å². The van der Waals surface area contributed by atoms with E-state index < -0.39 is 0 Å². The summed E-state index contributed by atoms with van der Waals surface area (Å²) in [7, 11) is 0. The van der Waals surface area contributed by atoms with Crippen molar-refractivity contribution in [1.82, 2.24) is 5.32 Å². The van der Waals surface area contributed by atoms with E-state index in [4.69, 9.17) is 0 Å². The quantitative estimate of drug-likeness (QED) is 0.739. The van der Waals surface area contributed by atoms with Crippen molar-refractivity contribution in [2.45, 2.75) is 83.7 Å². The molecule has 0 bridgehead atoms. The Labute approximate surface area is 101 Å². The van der Waals surface area contributed by atoms with E-state index in [1.165, 1.54) is 57.8 Å². The first kappa shape index (κ1) is 12.4. The van der Waals surface area contributed by atoms with Crippen molar-refractivity contribution < 1.29 is 0 Å². The molecule has 2 rings (SSSR count). The fraction of sp³-hybridized carbons (Fsp3) is 1.00. The van der Waals surface area contributed by atoms with Crippen LogP contribution in [-0.2, 0) is 0 Å². The van der Waals surface area contributed by atoms with Gasteiger partial charge in [-0.15, -0.1) is 0 Å². The van der Waals surface area contributed by atoms with Gasteiger partial charge in [0.1, 0.15) is 0 Å². The summed E-state index contributed by atoms with van der Waals surface area (Å²) in [6.07, 6.45) is 13.2. The van der Waals surface area contributed by atoms with Gasteiger partial charge in [-0.05, 0) is 44.9 Å². The van der Waals surface area contributed by atoms with Gasteiger partial charge in [-0.2, -0.15) is 0 Å². The minimum absolute atomic E-state index is 0.738. The Bertz CT molecular complexity index is 192. The molecule has 2 aliphatic rings. The van der Waals surface area contributed by atoms with Gasteiger partial charge in [0.25, 0.3) is 0 Å². The van der Waals surface area contributed by atoms with Crippen LogP contribution in [0.3, 0.4) is 0 Å². The Morgan fingerprint density at radius 2 is 1.62 bits per heavy atom. The van der Waals surface area contributed by atoms with Gasteiger partial charge in [-0.3, -0.25) is 0 Å². The van der Waals surface area contributed by atoms with E-state index in [2.05, 4.69) is 19.2 Å². The number of rotatable bonds is 5. The molecule has 94 valence electrons. The van der Waals surface area contributed by atoms with Gasteiger partial charge in [0.15, 0.2) is 0 Å². The maximum absolute atomic E-state index is 3.85. The molecule has 0 aromatic carbocycles. The second kappa shape index (κ2) is 6.05. The molecule has 16 heavy (non-hydrogen) atoms. The van der Waals surface area contributed by atoms with Crippen molar-refractivity contribution >= 4 is 0 Å². The molecule has 0 spiro atoms. The minimum atomic E-state index is 0.738. The maximum atomic E-state index is 3.85. The Morgan fingerprint density at radius 3 is 2.19 bits per heavy atom. The third-order valence-corrected chi connectivity index (χ3v) is 4.82. The summed E-state index contributed by atoms with van der Waals surface area (Å²) in [5, 5.41) is 3.85. The molecule has 0 aliphatic heterocycles. The normalized spacial score (nSPS) is 27.4. The predicted molar refractivity (Wildman–Crippen MR) is 70.6 cm³/mol. The van der Waals surface area contributed by atoms with Crippen LogP contribution in [0.25, 0.3) is 0 Å². The lowest BCUT2D eigenvalue weighted by Gasteiger charge is -2.33. The molecule has 0 heterocycles. The van der Waals surface area contributed by atoms with Crippen molar-refractivity contribution in [3.63, 3.8) is 0 Å². The summed E-state index contributed by atoms with van der Waals surface area (Å²) in [4.78, 5) is 0. The van der Waals surface area contributed by atoms with Crippen molar-refractivity contribution in [3.8, 4) is 0 Å². The first-order valence-corrected chi connectivity index (χ1v) is 7.51. The lowest BCUT2D eigenvalue weighted by molar-refractivity contribution is 0.226. The first-order chi connectivity index (χ1) is 7.75. The van der Waals surface area contributed by atoms with Crippen LogP contribution in [0.4, 0.5) is 0 Å². The second-order valence-electron chi connectivity index (χ2n) is 6.29. The van der Waals surface area contributed by atoms with Gasteiger partial charge in [0.05, 0.1) is 0 Å². The van der Waals surface area contributed by atoms with Gasteiger partial charge in [-0.25, -0.2) is 0 Å². The second-order valence-corrected chi connectivity index (χ2v) is 6.29. The van der Waals surface area contributed by atoms with Gasteiger partial charge in [0.2, 0.25) is 0 Å². The fourth-order valence-electron chi connectivity index (χ4n) is 3.52. The van der Waals surface area contributed by atoms with Crippen molar-refractivity contribution in [2.24, 2.45) is 11.8 Å². The highest BCUT2D eigenvalue weighted by atomic mass is 14.9. The van der Waals surface area contributed by atoms with E-state index in [9.17, 15) is 0 Å². The minimum Gasteiger partial charge on any atom is -0.311 e. The smallest absolute Gasteiger partial charge is 0.00694 e. The van der Waals surface area contributed by atoms with Crippen LogP contribution in [-0.4, -0.2) is 12.1 Å². The number of hydrogen-bond donors (Lipinski definition) is 1.